The maximum atomic E-state index is 12.3. The highest BCUT2D eigenvalue weighted by molar-refractivity contribution is 5.89. The minimum Gasteiger partial charge on any atom is -0.480 e. The molecule has 0 radical (unpaired) electrons. The topological polar surface area (TPSA) is 122 Å². The molecule has 7 nitrogen and oxygen atoms in total. The zero-order valence-corrected chi connectivity index (χ0v) is 11.6. The van der Waals surface area contributed by atoms with Crippen LogP contribution < -0.4 is 16.4 Å². The van der Waals surface area contributed by atoms with E-state index in [0.717, 1.165) is 38.5 Å². The molecular weight excluding hydrogens is 262 g/mol. The Morgan fingerprint density at radius 2 is 1.60 bits per heavy atom. The molecule has 2 amide bonds. The lowest BCUT2D eigenvalue weighted by Crippen LogP contribution is -2.48. The number of hydrogen-bond donors (Lipinski definition) is 4. The van der Waals surface area contributed by atoms with Crippen LogP contribution in [0.3, 0.4) is 0 Å². The van der Waals surface area contributed by atoms with Crippen LogP contribution in [-0.2, 0) is 14.4 Å². The fourth-order valence-electron chi connectivity index (χ4n) is 2.51. The maximum Gasteiger partial charge on any atom is 0.322 e. The molecule has 0 bridgehead atoms. The first-order chi connectivity index (χ1) is 9.50. The summed E-state index contributed by atoms with van der Waals surface area (Å²) in [5.41, 5.74) is 5.19. The molecule has 1 aliphatic rings. The van der Waals surface area contributed by atoms with Gasteiger partial charge in [0.05, 0.1) is 12.0 Å². The number of nitrogens with one attached hydrogen (secondary N) is 2. The van der Waals surface area contributed by atoms with Gasteiger partial charge in [-0.15, -0.1) is 0 Å². The van der Waals surface area contributed by atoms with E-state index in [1.807, 2.05) is 0 Å². The van der Waals surface area contributed by atoms with Gasteiger partial charge in [-0.1, -0.05) is 25.7 Å². The van der Waals surface area contributed by atoms with E-state index in [4.69, 9.17) is 10.8 Å². The minimum atomic E-state index is -1.12. The largest absolute Gasteiger partial charge is 0.480 e. The average Bonchev–Trinajstić information content (AvgIpc) is 2.68. The standard InChI is InChI=1S/C13H23N3O4/c14-9-13(5-3-1-2-4-6-13)12(20)16-7-10(17)15-8-11(18)19/h1-9,14H2,(H,15,17)(H,16,20)(H,18,19). The van der Waals surface area contributed by atoms with Gasteiger partial charge in [-0.25, -0.2) is 0 Å². The Morgan fingerprint density at radius 3 is 2.10 bits per heavy atom. The zero-order valence-electron chi connectivity index (χ0n) is 11.6. The molecule has 0 aromatic carbocycles. The number of aliphatic carboxylic acids is 1. The van der Waals surface area contributed by atoms with E-state index >= 15 is 0 Å². The smallest absolute Gasteiger partial charge is 0.322 e. The molecule has 0 aromatic heterocycles. The number of carbonyl (C=O) groups is 3. The predicted molar refractivity (Wildman–Crippen MR) is 72.8 cm³/mol. The molecule has 5 N–H and O–H groups in total. The summed E-state index contributed by atoms with van der Waals surface area (Å²) in [5, 5.41) is 13.2. The van der Waals surface area contributed by atoms with Gasteiger partial charge < -0.3 is 21.5 Å². The second-order valence-electron chi connectivity index (χ2n) is 5.25. The van der Waals surface area contributed by atoms with Crippen LogP contribution in [0.5, 0.6) is 0 Å². The third-order valence-electron chi connectivity index (χ3n) is 3.78. The van der Waals surface area contributed by atoms with Crippen molar-refractivity contribution in [1.82, 2.24) is 10.6 Å². The van der Waals surface area contributed by atoms with Crippen molar-refractivity contribution >= 4 is 17.8 Å². The summed E-state index contributed by atoms with van der Waals surface area (Å²) < 4.78 is 0. The molecule has 7 heteroatoms. The Balaban J connectivity index is 2.46. The number of hydrogen-bond acceptors (Lipinski definition) is 4. The van der Waals surface area contributed by atoms with Gasteiger partial charge >= 0.3 is 5.97 Å². The monoisotopic (exact) mass is 285 g/mol. The van der Waals surface area contributed by atoms with Crippen LogP contribution in [0.2, 0.25) is 0 Å². The minimum absolute atomic E-state index is 0.202. The summed E-state index contributed by atoms with van der Waals surface area (Å²) >= 11 is 0. The Morgan fingerprint density at radius 1 is 1.00 bits per heavy atom. The van der Waals surface area contributed by atoms with Gasteiger partial charge in [0.2, 0.25) is 11.8 Å². The van der Waals surface area contributed by atoms with Crippen LogP contribution in [0.15, 0.2) is 0 Å². The number of amides is 2. The first-order valence-corrected chi connectivity index (χ1v) is 6.97. The molecule has 0 atom stereocenters. The lowest BCUT2D eigenvalue weighted by Gasteiger charge is -2.29. The van der Waals surface area contributed by atoms with E-state index in [-0.39, 0.29) is 19.0 Å². The van der Waals surface area contributed by atoms with E-state index in [0.29, 0.717) is 0 Å². The lowest BCUT2D eigenvalue weighted by atomic mass is 9.79. The van der Waals surface area contributed by atoms with Crippen molar-refractivity contribution in [3.05, 3.63) is 0 Å². The number of carboxylic acids is 1. The Bertz CT molecular complexity index is 363. The number of rotatable bonds is 6. The first kappa shape index (κ1) is 16.4. The van der Waals surface area contributed by atoms with E-state index in [9.17, 15) is 14.4 Å². The van der Waals surface area contributed by atoms with Gasteiger partial charge in [0.15, 0.2) is 0 Å². The third-order valence-corrected chi connectivity index (χ3v) is 3.78. The van der Waals surface area contributed by atoms with E-state index in [1.165, 1.54) is 0 Å². The van der Waals surface area contributed by atoms with E-state index in [1.54, 1.807) is 0 Å². The van der Waals surface area contributed by atoms with Gasteiger partial charge in [0.25, 0.3) is 0 Å². The Labute approximate surface area is 118 Å². The fraction of sp³-hybridized carbons (Fsp3) is 0.769. The highest BCUT2D eigenvalue weighted by atomic mass is 16.4. The van der Waals surface area contributed by atoms with Gasteiger partial charge in [-0.2, -0.15) is 0 Å². The van der Waals surface area contributed by atoms with Crippen molar-refractivity contribution in [2.75, 3.05) is 19.6 Å². The van der Waals surface area contributed by atoms with Crippen molar-refractivity contribution in [1.29, 1.82) is 0 Å². The zero-order chi connectivity index (χ0) is 15.0. The second kappa shape index (κ2) is 7.84. The quantitative estimate of drug-likeness (QED) is 0.495. The van der Waals surface area contributed by atoms with Crippen molar-refractivity contribution in [3.63, 3.8) is 0 Å². The molecule has 0 saturated heterocycles. The van der Waals surface area contributed by atoms with Gasteiger partial charge in [0, 0.05) is 6.54 Å². The molecular formula is C13H23N3O4. The highest BCUT2D eigenvalue weighted by Crippen LogP contribution is 2.34. The van der Waals surface area contributed by atoms with Crippen LogP contribution >= 0.6 is 0 Å². The normalized spacial score (nSPS) is 17.9. The van der Waals surface area contributed by atoms with Crippen LogP contribution in [0.4, 0.5) is 0 Å². The van der Waals surface area contributed by atoms with Crippen molar-refractivity contribution in [2.24, 2.45) is 11.1 Å². The SMILES string of the molecule is NCC1(C(=O)NCC(=O)NCC(=O)O)CCCCCC1. The molecule has 1 rings (SSSR count). The highest BCUT2D eigenvalue weighted by Gasteiger charge is 2.37. The van der Waals surface area contributed by atoms with Crippen LogP contribution in [0.1, 0.15) is 38.5 Å². The molecule has 0 heterocycles. The average molecular weight is 285 g/mol. The van der Waals surface area contributed by atoms with Gasteiger partial charge in [-0.3, -0.25) is 14.4 Å². The van der Waals surface area contributed by atoms with Crippen molar-refractivity contribution in [3.8, 4) is 0 Å². The lowest BCUT2D eigenvalue weighted by molar-refractivity contribution is -0.138. The number of carboxylic acid groups (broad SMARTS) is 1. The van der Waals surface area contributed by atoms with Gasteiger partial charge in [0.1, 0.15) is 6.54 Å². The summed E-state index contributed by atoms with van der Waals surface area (Å²) in [6, 6.07) is 0. The predicted octanol–water partition coefficient (Wildman–Crippen LogP) is -0.397. The molecule has 1 saturated carbocycles. The molecule has 114 valence electrons. The second-order valence-corrected chi connectivity index (χ2v) is 5.25. The molecule has 1 aliphatic carbocycles. The third kappa shape index (κ3) is 4.80. The Hall–Kier alpha value is -1.63. The molecule has 1 fully saturated rings. The Kier molecular flexibility index (Phi) is 6.44. The molecule has 0 spiro atoms. The summed E-state index contributed by atoms with van der Waals surface area (Å²) in [4.78, 5) is 33.9. The van der Waals surface area contributed by atoms with Crippen molar-refractivity contribution in [2.45, 2.75) is 38.5 Å². The van der Waals surface area contributed by atoms with E-state index in [2.05, 4.69) is 10.6 Å². The number of carbonyl (C=O) groups excluding carboxylic acids is 2. The van der Waals surface area contributed by atoms with E-state index < -0.39 is 23.8 Å². The molecule has 0 unspecified atom stereocenters. The summed E-state index contributed by atoms with van der Waals surface area (Å²) in [5.74, 6) is -1.83. The fourth-order valence-corrected chi connectivity index (χ4v) is 2.51. The van der Waals surface area contributed by atoms with Crippen LogP contribution in [-0.4, -0.2) is 42.5 Å². The molecule has 20 heavy (non-hydrogen) atoms. The molecule has 0 aromatic rings. The summed E-state index contributed by atoms with van der Waals surface area (Å²) in [6.45, 7) is -0.389. The van der Waals surface area contributed by atoms with Crippen molar-refractivity contribution < 1.29 is 19.5 Å². The summed E-state index contributed by atoms with van der Waals surface area (Å²) in [7, 11) is 0. The van der Waals surface area contributed by atoms with Crippen LogP contribution in [0, 0.1) is 5.41 Å². The maximum absolute atomic E-state index is 12.3. The number of nitrogens with two attached hydrogens (primary N) is 1. The first-order valence-electron chi connectivity index (χ1n) is 6.97. The van der Waals surface area contributed by atoms with Gasteiger partial charge in [-0.05, 0) is 12.8 Å². The van der Waals surface area contributed by atoms with Crippen LogP contribution in [0.25, 0.3) is 0 Å². The summed E-state index contributed by atoms with van der Waals surface area (Å²) in [6.07, 6.45) is 5.63. The molecule has 0 aliphatic heterocycles.